The number of hydrogen-bond donors (Lipinski definition) is 1. The summed E-state index contributed by atoms with van der Waals surface area (Å²) in [6.45, 7) is 7.73. The molecular weight excluding hydrogens is 214 g/mol. The van der Waals surface area contributed by atoms with E-state index in [0.29, 0.717) is 24.2 Å². The van der Waals surface area contributed by atoms with Crippen LogP contribution in [0.5, 0.6) is 0 Å². The first kappa shape index (κ1) is 14.7. The number of Topliss-reactive ketones (excluding diaryl/α,β-unsaturated/α-hetero) is 1. The van der Waals surface area contributed by atoms with E-state index in [9.17, 15) is 9.90 Å². The van der Waals surface area contributed by atoms with E-state index in [2.05, 4.69) is 18.7 Å². The van der Waals surface area contributed by atoms with E-state index in [1.165, 1.54) is 0 Å². The van der Waals surface area contributed by atoms with Gasteiger partial charge in [-0.15, -0.1) is 0 Å². The number of hydrogen-bond acceptors (Lipinski definition) is 3. The van der Waals surface area contributed by atoms with Crippen LogP contribution in [0.2, 0.25) is 0 Å². The number of likely N-dealkylation sites (N-methyl/N-ethyl adjacent to an activating group) is 1. The van der Waals surface area contributed by atoms with E-state index in [-0.39, 0.29) is 12.0 Å². The molecule has 0 heterocycles. The number of ketones is 1. The Hall–Kier alpha value is -0.410. The number of carbonyl (C=O) groups excluding carboxylic acids is 1. The molecule has 100 valence electrons. The molecule has 1 N–H and O–H groups in total. The molecule has 0 aromatic rings. The lowest BCUT2D eigenvalue weighted by Crippen LogP contribution is -2.38. The monoisotopic (exact) mass is 241 g/mol. The molecule has 3 nitrogen and oxygen atoms in total. The van der Waals surface area contributed by atoms with Gasteiger partial charge in [0.2, 0.25) is 0 Å². The van der Waals surface area contributed by atoms with Gasteiger partial charge in [0.05, 0.1) is 6.10 Å². The van der Waals surface area contributed by atoms with Gasteiger partial charge in [0.25, 0.3) is 0 Å². The van der Waals surface area contributed by atoms with Crippen LogP contribution < -0.4 is 0 Å². The molecule has 3 unspecified atom stereocenters. The van der Waals surface area contributed by atoms with E-state index in [4.69, 9.17) is 0 Å². The van der Waals surface area contributed by atoms with Crippen molar-refractivity contribution in [1.82, 2.24) is 4.90 Å². The molecule has 0 amide bonds. The smallest absolute Gasteiger partial charge is 0.137 e. The average molecular weight is 241 g/mol. The van der Waals surface area contributed by atoms with Crippen molar-refractivity contribution < 1.29 is 9.90 Å². The highest BCUT2D eigenvalue weighted by Gasteiger charge is 2.30. The zero-order valence-electron chi connectivity index (χ0n) is 11.6. The highest BCUT2D eigenvalue weighted by Crippen LogP contribution is 2.31. The van der Waals surface area contributed by atoms with Crippen molar-refractivity contribution in [3.05, 3.63) is 0 Å². The minimum absolute atomic E-state index is 0.180. The second-order valence-corrected chi connectivity index (χ2v) is 6.01. The second-order valence-electron chi connectivity index (χ2n) is 6.01. The van der Waals surface area contributed by atoms with Crippen LogP contribution >= 0.6 is 0 Å². The van der Waals surface area contributed by atoms with Gasteiger partial charge in [0.15, 0.2) is 0 Å². The quantitative estimate of drug-likeness (QED) is 0.799. The van der Waals surface area contributed by atoms with Crippen LogP contribution in [-0.4, -0.2) is 42.0 Å². The average Bonchev–Trinajstić information content (AvgIpc) is 2.19. The Bertz CT molecular complexity index is 251. The molecule has 3 heteroatoms. The maximum absolute atomic E-state index is 11.9. The molecule has 1 aliphatic carbocycles. The van der Waals surface area contributed by atoms with E-state index >= 15 is 0 Å². The van der Waals surface area contributed by atoms with Gasteiger partial charge in [-0.05, 0) is 38.6 Å². The molecular formula is C14H27NO2. The van der Waals surface area contributed by atoms with Crippen molar-refractivity contribution in [2.75, 3.05) is 20.1 Å². The molecule has 0 radical (unpaired) electrons. The third-order valence-electron chi connectivity index (χ3n) is 3.85. The van der Waals surface area contributed by atoms with Crippen molar-refractivity contribution in [3.63, 3.8) is 0 Å². The number of aliphatic hydroxyl groups excluding tert-OH is 1. The summed E-state index contributed by atoms with van der Waals surface area (Å²) >= 11 is 0. The molecule has 0 aliphatic heterocycles. The zero-order valence-corrected chi connectivity index (χ0v) is 11.6. The van der Waals surface area contributed by atoms with Crippen molar-refractivity contribution in [2.45, 2.75) is 46.1 Å². The maximum atomic E-state index is 11.9. The van der Waals surface area contributed by atoms with Crippen LogP contribution in [0.3, 0.4) is 0 Å². The van der Waals surface area contributed by atoms with Gasteiger partial charge in [-0.3, -0.25) is 4.79 Å². The summed E-state index contributed by atoms with van der Waals surface area (Å²) in [5.74, 6) is 1.96. The van der Waals surface area contributed by atoms with Crippen LogP contribution in [0.25, 0.3) is 0 Å². The fourth-order valence-corrected chi connectivity index (χ4v) is 2.83. The van der Waals surface area contributed by atoms with Crippen molar-refractivity contribution in [2.24, 2.45) is 17.8 Å². The van der Waals surface area contributed by atoms with Crippen LogP contribution in [-0.2, 0) is 4.79 Å². The standard InChI is InChI=1S/C14H27NO2/c1-10(2)12-5-6-14(17)13(7-12)9-15(4)8-11(3)16/h10-13,16H,5-9H2,1-4H3. The van der Waals surface area contributed by atoms with Gasteiger partial charge < -0.3 is 10.0 Å². The third-order valence-corrected chi connectivity index (χ3v) is 3.85. The number of carbonyl (C=O) groups is 1. The highest BCUT2D eigenvalue weighted by atomic mass is 16.3. The first-order chi connectivity index (χ1) is 7.90. The lowest BCUT2D eigenvalue weighted by Gasteiger charge is -2.33. The van der Waals surface area contributed by atoms with Crippen LogP contribution in [0.4, 0.5) is 0 Å². The molecule has 0 bridgehead atoms. The predicted molar refractivity (Wildman–Crippen MR) is 69.9 cm³/mol. The molecule has 0 saturated heterocycles. The molecule has 1 aliphatic rings. The molecule has 1 fully saturated rings. The fraction of sp³-hybridized carbons (Fsp3) is 0.929. The largest absolute Gasteiger partial charge is 0.392 e. The Labute approximate surface area is 105 Å². The van der Waals surface area contributed by atoms with Crippen molar-refractivity contribution in [3.8, 4) is 0 Å². The number of nitrogens with zero attached hydrogens (tertiary/aromatic N) is 1. The summed E-state index contributed by atoms with van der Waals surface area (Å²) in [6, 6.07) is 0. The number of rotatable bonds is 5. The molecule has 17 heavy (non-hydrogen) atoms. The Morgan fingerprint density at radius 3 is 2.59 bits per heavy atom. The van der Waals surface area contributed by atoms with E-state index in [0.717, 1.165) is 25.8 Å². The molecule has 3 atom stereocenters. The SMILES string of the molecule is CC(O)CN(C)CC1CC(C(C)C)CCC1=O. The summed E-state index contributed by atoms with van der Waals surface area (Å²) in [5, 5.41) is 9.33. The van der Waals surface area contributed by atoms with Crippen LogP contribution in [0.15, 0.2) is 0 Å². The van der Waals surface area contributed by atoms with E-state index < -0.39 is 0 Å². The zero-order chi connectivity index (χ0) is 13.0. The summed E-state index contributed by atoms with van der Waals surface area (Å²) in [6.07, 6.45) is 2.52. The molecule has 1 rings (SSSR count). The van der Waals surface area contributed by atoms with Gasteiger partial charge in [0.1, 0.15) is 5.78 Å². The topological polar surface area (TPSA) is 40.5 Å². The summed E-state index contributed by atoms with van der Waals surface area (Å²) in [7, 11) is 1.99. The highest BCUT2D eigenvalue weighted by molar-refractivity contribution is 5.81. The minimum Gasteiger partial charge on any atom is -0.392 e. The molecule has 0 aromatic carbocycles. The van der Waals surface area contributed by atoms with Crippen molar-refractivity contribution in [1.29, 1.82) is 0 Å². The molecule has 0 spiro atoms. The first-order valence-corrected chi connectivity index (χ1v) is 6.79. The van der Waals surface area contributed by atoms with E-state index in [1.54, 1.807) is 6.92 Å². The molecule has 0 aromatic heterocycles. The van der Waals surface area contributed by atoms with E-state index in [1.807, 2.05) is 7.05 Å². The van der Waals surface area contributed by atoms with Gasteiger partial charge in [-0.25, -0.2) is 0 Å². The first-order valence-electron chi connectivity index (χ1n) is 6.79. The van der Waals surface area contributed by atoms with Gasteiger partial charge in [0, 0.05) is 25.4 Å². The Morgan fingerprint density at radius 1 is 1.41 bits per heavy atom. The summed E-state index contributed by atoms with van der Waals surface area (Å²) in [5.41, 5.74) is 0. The molecule has 1 saturated carbocycles. The maximum Gasteiger partial charge on any atom is 0.137 e. The van der Waals surface area contributed by atoms with Crippen LogP contribution in [0, 0.1) is 17.8 Å². The normalized spacial score (nSPS) is 27.8. The van der Waals surface area contributed by atoms with Gasteiger partial charge in [-0.2, -0.15) is 0 Å². The Balaban J connectivity index is 2.47. The van der Waals surface area contributed by atoms with Crippen LogP contribution in [0.1, 0.15) is 40.0 Å². The van der Waals surface area contributed by atoms with Crippen molar-refractivity contribution >= 4 is 5.78 Å². The van der Waals surface area contributed by atoms with Gasteiger partial charge >= 0.3 is 0 Å². The summed E-state index contributed by atoms with van der Waals surface area (Å²) < 4.78 is 0. The van der Waals surface area contributed by atoms with Gasteiger partial charge in [-0.1, -0.05) is 13.8 Å². The third kappa shape index (κ3) is 4.76. The second kappa shape index (κ2) is 6.50. The Kier molecular flexibility index (Phi) is 5.60. The predicted octanol–water partition coefficient (Wildman–Crippen LogP) is 1.94. The fourth-order valence-electron chi connectivity index (χ4n) is 2.83. The summed E-state index contributed by atoms with van der Waals surface area (Å²) in [4.78, 5) is 14.0. The Morgan fingerprint density at radius 2 is 2.06 bits per heavy atom. The lowest BCUT2D eigenvalue weighted by atomic mass is 9.75. The number of aliphatic hydroxyl groups is 1. The minimum atomic E-state index is -0.320. The lowest BCUT2D eigenvalue weighted by molar-refractivity contribution is -0.126.